The smallest absolute Gasteiger partial charge is 0.317 e. The molecule has 2 rings (SSSR count). The van der Waals surface area contributed by atoms with E-state index in [4.69, 9.17) is 5.11 Å². The van der Waals surface area contributed by atoms with Crippen LogP contribution in [0.3, 0.4) is 0 Å². The predicted molar refractivity (Wildman–Crippen MR) is 62.7 cm³/mol. The lowest BCUT2D eigenvalue weighted by molar-refractivity contribution is -0.142. The van der Waals surface area contributed by atoms with E-state index in [1.54, 1.807) is 4.90 Å². The monoisotopic (exact) mass is 240 g/mol. The molecule has 5 heteroatoms. The largest absolute Gasteiger partial charge is 0.481 e. The second-order valence-electron chi connectivity index (χ2n) is 4.98. The van der Waals surface area contributed by atoms with Crippen molar-refractivity contribution in [3.63, 3.8) is 0 Å². The molecule has 2 amide bonds. The second-order valence-corrected chi connectivity index (χ2v) is 4.98. The molecule has 0 aromatic rings. The lowest BCUT2D eigenvalue weighted by atomic mass is 10.0. The van der Waals surface area contributed by atoms with Crippen molar-refractivity contribution in [2.45, 2.75) is 44.6 Å². The Morgan fingerprint density at radius 2 is 1.76 bits per heavy atom. The number of aliphatic carboxylic acids is 1. The SMILES string of the molecule is O=C(O)C1CCCC1NC(=O)N1CCCCC1. The minimum atomic E-state index is -0.786. The zero-order valence-electron chi connectivity index (χ0n) is 10.0. The molecule has 2 N–H and O–H groups in total. The zero-order valence-corrected chi connectivity index (χ0v) is 10.0. The lowest BCUT2D eigenvalue weighted by Gasteiger charge is -2.29. The topological polar surface area (TPSA) is 69.6 Å². The van der Waals surface area contributed by atoms with Gasteiger partial charge in [0.2, 0.25) is 0 Å². The molecule has 1 aliphatic heterocycles. The molecule has 0 radical (unpaired) electrons. The molecule has 0 spiro atoms. The van der Waals surface area contributed by atoms with Crippen LogP contribution in [0.5, 0.6) is 0 Å². The summed E-state index contributed by atoms with van der Waals surface area (Å²) in [6.45, 7) is 1.60. The van der Waals surface area contributed by atoms with Crippen LogP contribution in [0.25, 0.3) is 0 Å². The lowest BCUT2D eigenvalue weighted by Crippen LogP contribution is -2.48. The number of carbonyl (C=O) groups is 2. The van der Waals surface area contributed by atoms with Crippen LogP contribution in [0, 0.1) is 5.92 Å². The maximum absolute atomic E-state index is 11.9. The van der Waals surface area contributed by atoms with E-state index in [0.717, 1.165) is 38.8 Å². The molecule has 2 aliphatic rings. The number of likely N-dealkylation sites (tertiary alicyclic amines) is 1. The molecule has 2 fully saturated rings. The van der Waals surface area contributed by atoms with Gasteiger partial charge in [0.25, 0.3) is 0 Å². The molecule has 1 saturated carbocycles. The molecule has 0 aromatic carbocycles. The second kappa shape index (κ2) is 5.38. The van der Waals surface area contributed by atoms with E-state index in [-0.39, 0.29) is 12.1 Å². The fraction of sp³-hybridized carbons (Fsp3) is 0.833. The first-order valence-corrected chi connectivity index (χ1v) is 6.47. The van der Waals surface area contributed by atoms with Crippen LogP contribution in [0.4, 0.5) is 4.79 Å². The fourth-order valence-electron chi connectivity index (χ4n) is 2.78. The van der Waals surface area contributed by atoms with Crippen molar-refractivity contribution in [3.8, 4) is 0 Å². The van der Waals surface area contributed by atoms with Crippen molar-refractivity contribution < 1.29 is 14.7 Å². The van der Waals surface area contributed by atoms with Gasteiger partial charge in [-0.05, 0) is 32.1 Å². The summed E-state index contributed by atoms with van der Waals surface area (Å²) in [5, 5.41) is 11.9. The first-order valence-electron chi connectivity index (χ1n) is 6.47. The summed E-state index contributed by atoms with van der Waals surface area (Å²) < 4.78 is 0. The molecule has 2 unspecified atom stereocenters. The average Bonchev–Trinajstić information content (AvgIpc) is 2.78. The van der Waals surface area contributed by atoms with Gasteiger partial charge in [-0.25, -0.2) is 4.79 Å². The van der Waals surface area contributed by atoms with Gasteiger partial charge >= 0.3 is 12.0 Å². The summed E-state index contributed by atoms with van der Waals surface area (Å²) in [5.74, 6) is -1.19. The van der Waals surface area contributed by atoms with Crippen LogP contribution in [0.2, 0.25) is 0 Å². The number of carboxylic acid groups (broad SMARTS) is 1. The predicted octanol–water partition coefficient (Wildman–Crippen LogP) is 1.44. The number of urea groups is 1. The van der Waals surface area contributed by atoms with Crippen LogP contribution in [-0.4, -0.2) is 41.1 Å². The number of amides is 2. The van der Waals surface area contributed by atoms with E-state index < -0.39 is 11.9 Å². The Labute approximate surface area is 101 Å². The summed E-state index contributed by atoms with van der Waals surface area (Å²) >= 11 is 0. The van der Waals surface area contributed by atoms with Gasteiger partial charge in [0.05, 0.1) is 5.92 Å². The van der Waals surface area contributed by atoms with Gasteiger partial charge < -0.3 is 15.3 Å². The first kappa shape index (κ1) is 12.2. The highest BCUT2D eigenvalue weighted by molar-refractivity contribution is 5.77. The van der Waals surface area contributed by atoms with Gasteiger partial charge in [0.1, 0.15) is 0 Å². The van der Waals surface area contributed by atoms with E-state index in [9.17, 15) is 9.59 Å². The van der Waals surface area contributed by atoms with E-state index in [2.05, 4.69) is 5.32 Å². The van der Waals surface area contributed by atoms with Gasteiger partial charge in [0.15, 0.2) is 0 Å². The van der Waals surface area contributed by atoms with Crippen LogP contribution >= 0.6 is 0 Å². The van der Waals surface area contributed by atoms with Crippen LogP contribution in [0.15, 0.2) is 0 Å². The van der Waals surface area contributed by atoms with Gasteiger partial charge in [-0.15, -0.1) is 0 Å². The van der Waals surface area contributed by atoms with E-state index in [0.29, 0.717) is 6.42 Å². The van der Waals surface area contributed by atoms with Crippen molar-refractivity contribution in [1.82, 2.24) is 10.2 Å². The van der Waals surface area contributed by atoms with Gasteiger partial charge in [-0.3, -0.25) is 4.79 Å². The Morgan fingerprint density at radius 1 is 1.06 bits per heavy atom. The van der Waals surface area contributed by atoms with Crippen molar-refractivity contribution in [2.75, 3.05) is 13.1 Å². The number of carbonyl (C=O) groups excluding carboxylic acids is 1. The van der Waals surface area contributed by atoms with Crippen LogP contribution in [-0.2, 0) is 4.79 Å². The van der Waals surface area contributed by atoms with Crippen molar-refractivity contribution in [2.24, 2.45) is 5.92 Å². The summed E-state index contributed by atoms with van der Waals surface area (Å²) in [6.07, 6.45) is 5.66. The number of rotatable bonds is 2. The molecule has 17 heavy (non-hydrogen) atoms. The minimum Gasteiger partial charge on any atom is -0.481 e. The fourth-order valence-corrected chi connectivity index (χ4v) is 2.78. The van der Waals surface area contributed by atoms with Gasteiger partial charge in [0, 0.05) is 19.1 Å². The van der Waals surface area contributed by atoms with E-state index in [1.165, 1.54) is 6.42 Å². The number of nitrogens with one attached hydrogen (secondary N) is 1. The van der Waals surface area contributed by atoms with Crippen molar-refractivity contribution >= 4 is 12.0 Å². The third-order valence-corrected chi connectivity index (χ3v) is 3.79. The molecule has 2 atom stereocenters. The normalized spacial score (nSPS) is 29.1. The first-order chi connectivity index (χ1) is 8.18. The molecular weight excluding hydrogens is 220 g/mol. The Balaban J connectivity index is 1.86. The third-order valence-electron chi connectivity index (χ3n) is 3.79. The van der Waals surface area contributed by atoms with Crippen molar-refractivity contribution in [1.29, 1.82) is 0 Å². The van der Waals surface area contributed by atoms with Gasteiger partial charge in [-0.2, -0.15) is 0 Å². The van der Waals surface area contributed by atoms with Crippen LogP contribution < -0.4 is 5.32 Å². The Morgan fingerprint density at radius 3 is 2.41 bits per heavy atom. The highest BCUT2D eigenvalue weighted by Gasteiger charge is 2.34. The zero-order chi connectivity index (χ0) is 12.3. The van der Waals surface area contributed by atoms with Gasteiger partial charge in [-0.1, -0.05) is 6.42 Å². The highest BCUT2D eigenvalue weighted by Crippen LogP contribution is 2.26. The number of carboxylic acids is 1. The Kier molecular flexibility index (Phi) is 3.86. The van der Waals surface area contributed by atoms with Crippen LogP contribution in [0.1, 0.15) is 38.5 Å². The highest BCUT2D eigenvalue weighted by atomic mass is 16.4. The summed E-state index contributed by atoms with van der Waals surface area (Å²) in [6, 6.07) is -0.259. The van der Waals surface area contributed by atoms with Crippen molar-refractivity contribution in [3.05, 3.63) is 0 Å². The number of nitrogens with zero attached hydrogens (tertiary/aromatic N) is 1. The quantitative estimate of drug-likeness (QED) is 0.767. The molecular formula is C12H20N2O3. The maximum Gasteiger partial charge on any atom is 0.317 e. The standard InChI is InChI=1S/C12H20N2O3/c15-11(16)9-5-4-6-10(9)13-12(17)14-7-2-1-3-8-14/h9-10H,1-8H2,(H,13,17)(H,15,16). The number of piperidine rings is 1. The third kappa shape index (κ3) is 2.90. The molecule has 0 bridgehead atoms. The molecule has 1 aliphatic carbocycles. The molecule has 1 saturated heterocycles. The summed E-state index contributed by atoms with van der Waals surface area (Å²) in [7, 11) is 0. The summed E-state index contributed by atoms with van der Waals surface area (Å²) in [4.78, 5) is 24.8. The minimum absolute atomic E-state index is 0.0807. The number of hydrogen-bond donors (Lipinski definition) is 2. The van der Waals surface area contributed by atoms with E-state index >= 15 is 0 Å². The summed E-state index contributed by atoms with van der Waals surface area (Å²) in [5.41, 5.74) is 0. The van der Waals surface area contributed by atoms with E-state index in [1.807, 2.05) is 0 Å². The molecule has 0 aromatic heterocycles. The Hall–Kier alpha value is -1.26. The Bertz CT molecular complexity index is 300. The molecule has 96 valence electrons. The maximum atomic E-state index is 11.9. The average molecular weight is 240 g/mol. The molecule has 5 nitrogen and oxygen atoms in total. The number of hydrogen-bond acceptors (Lipinski definition) is 2. The molecule has 1 heterocycles.